The molecular formula is C16H17N3O5S. The maximum atomic E-state index is 11.9. The molecule has 1 fully saturated rings. The average molecular weight is 363 g/mol. The lowest BCUT2D eigenvalue weighted by Gasteiger charge is -2.21. The van der Waals surface area contributed by atoms with Gasteiger partial charge in [0.05, 0.1) is 4.92 Å². The number of nitro groups is 1. The van der Waals surface area contributed by atoms with Gasteiger partial charge in [-0.05, 0) is 37.8 Å². The Morgan fingerprint density at radius 3 is 2.64 bits per heavy atom. The Morgan fingerprint density at radius 1 is 1.24 bits per heavy atom. The number of nitro benzene ring substituents is 1. The van der Waals surface area contributed by atoms with Crippen molar-refractivity contribution in [2.75, 3.05) is 5.75 Å². The van der Waals surface area contributed by atoms with E-state index in [2.05, 4.69) is 10.2 Å². The van der Waals surface area contributed by atoms with E-state index < -0.39 is 4.92 Å². The number of nitrogens with zero attached hydrogens (tertiary/aromatic N) is 3. The Labute approximate surface area is 148 Å². The molecule has 0 spiro atoms. The highest BCUT2D eigenvalue weighted by Crippen LogP contribution is 2.26. The van der Waals surface area contributed by atoms with E-state index in [9.17, 15) is 14.9 Å². The minimum Gasteiger partial charge on any atom is -0.462 e. The molecule has 1 aromatic heterocycles. The highest BCUT2D eigenvalue weighted by Gasteiger charge is 2.19. The van der Waals surface area contributed by atoms with E-state index >= 15 is 0 Å². The third kappa shape index (κ3) is 4.79. The molecule has 1 aliphatic carbocycles. The van der Waals surface area contributed by atoms with Crippen LogP contribution in [0.2, 0.25) is 0 Å². The molecular weight excluding hydrogens is 346 g/mol. The van der Waals surface area contributed by atoms with Crippen LogP contribution >= 0.6 is 11.8 Å². The Kier molecular flexibility index (Phi) is 5.64. The number of thioether (sulfide) groups is 1. The smallest absolute Gasteiger partial charge is 0.316 e. The van der Waals surface area contributed by atoms with Gasteiger partial charge in [0.2, 0.25) is 5.89 Å². The van der Waals surface area contributed by atoms with E-state index in [-0.39, 0.29) is 34.6 Å². The SMILES string of the molecule is O=C(CSc1nnc(-c2ccc([N+](=O)[O-])cc2)o1)OC1CCCCC1. The number of ether oxygens (including phenoxy) is 1. The molecule has 0 unspecified atom stereocenters. The van der Waals surface area contributed by atoms with Crippen LogP contribution in [0.15, 0.2) is 33.9 Å². The summed E-state index contributed by atoms with van der Waals surface area (Å²) in [7, 11) is 0. The lowest BCUT2D eigenvalue weighted by atomic mass is 9.98. The Balaban J connectivity index is 1.52. The van der Waals surface area contributed by atoms with Gasteiger partial charge in [0.15, 0.2) is 0 Å². The fraction of sp³-hybridized carbons (Fsp3) is 0.438. The summed E-state index contributed by atoms with van der Waals surface area (Å²) in [6.45, 7) is 0. The Hall–Kier alpha value is -2.42. The van der Waals surface area contributed by atoms with Crippen LogP contribution in [-0.2, 0) is 9.53 Å². The predicted molar refractivity (Wildman–Crippen MR) is 90.1 cm³/mol. The zero-order valence-electron chi connectivity index (χ0n) is 13.4. The van der Waals surface area contributed by atoms with E-state index in [4.69, 9.17) is 9.15 Å². The minimum atomic E-state index is -0.475. The van der Waals surface area contributed by atoms with Crippen molar-refractivity contribution in [2.24, 2.45) is 0 Å². The van der Waals surface area contributed by atoms with E-state index in [1.165, 1.54) is 30.7 Å². The molecule has 0 amide bonds. The Morgan fingerprint density at radius 2 is 1.96 bits per heavy atom. The summed E-state index contributed by atoms with van der Waals surface area (Å²) in [5.41, 5.74) is 0.568. The number of rotatable bonds is 6. The molecule has 2 aromatic rings. The number of hydrogen-bond acceptors (Lipinski definition) is 8. The van der Waals surface area contributed by atoms with Gasteiger partial charge < -0.3 is 9.15 Å². The van der Waals surface area contributed by atoms with Crippen molar-refractivity contribution in [3.05, 3.63) is 34.4 Å². The molecule has 0 N–H and O–H groups in total. The standard InChI is InChI=1S/C16H17N3O5S/c20-14(23-13-4-2-1-3-5-13)10-25-16-18-17-15(24-16)11-6-8-12(9-7-11)19(21)22/h6-9,13H,1-5,10H2. The third-order valence-electron chi connectivity index (χ3n) is 3.90. The van der Waals surface area contributed by atoms with Gasteiger partial charge in [0.1, 0.15) is 11.9 Å². The maximum Gasteiger partial charge on any atom is 0.316 e. The number of hydrogen-bond donors (Lipinski definition) is 0. The monoisotopic (exact) mass is 363 g/mol. The number of carbonyl (C=O) groups excluding carboxylic acids is 1. The van der Waals surface area contributed by atoms with E-state index in [1.54, 1.807) is 0 Å². The molecule has 1 heterocycles. The van der Waals surface area contributed by atoms with Gasteiger partial charge >= 0.3 is 5.97 Å². The Bertz CT molecular complexity index is 740. The van der Waals surface area contributed by atoms with E-state index in [1.807, 2.05) is 0 Å². The van der Waals surface area contributed by atoms with Gasteiger partial charge in [0.25, 0.3) is 10.9 Å². The fourth-order valence-electron chi connectivity index (χ4n) is 2.63. The molecule has 1 aliphatic rings. The first-order valence-electron chi connectivity index (χ1n) is 8.02. The van der Waals surface area contributed by atoms with Crippen molar-refractivity contribution >= 4 is 23.4 Å². The molecule has 0 saturated heterocycles. The van der Waals surface area contributed by atoms with Crippen molar-refractivity contribution in [3.8, 4) is 11.5 Å². The van der Waals surface area contributed by atoms with Gasteiger partial charge in [-0.1, -0.05) is 18.2 Å². The summed E-state index contributed by atoms with van der Waals surface area (Å²) >= 11 is 1.12. The van der Waals surface area contributed by atoms with Crippen molar-refractivity contribution in [1.82, 2.24) is 10.2 Å². The number of esters is 1. The van der Waals surface area contributed by atoms with Crippen LogP contribution in [0.5, 0.6) is 0 Å². The van der Waals surface area contributed by atoms with Gasteiger partial charge in [-0.2, -0.15) is 0 Å². The lowest BCUT2D eigenvalue weighted by Crippen LogP contribution is -2.21. The highest BCUT2D eigenvalue weighted by molar-refractivity contribution is 7.99. The van der Waals surface area contributed by atoms with Crippen LogP contribution in [0.4, 0.5) is 5.69 Å². The molecule has 0 atom stereocenters. The molecule has 132 valence electrons. The molecule has 9 heteroatoms. The zero-order valence-corrected chi connectivity index (χ0v) is 14.2. The predicted octanol–water partition coefficient (Wildman–Crippen LogP) is 3.61. The lowest BCUT2D eigenvalue weighted by molar-refractivity contribution is -0.384. The third-order valence-corrected chi connectivity index (χ3v) is 4.69. The topological polar surface area (TPSA) is 108 Å². The number of non-ortho nitro benzene ring substituents is 1. The van der Waals surface area contributed by atoms with Crippen LogP contribution in [0, 0.1) is 10.1 Å². The summed E-state index contributed by atoms with van der Waals surface area (Å²) < 4.78 is 10.9. The second-order valence-corrected chi connectivity index (χ2v) is 6.64. The second-order valence-electron chi connectivity index (χ2n) is 5.72. The van der Waals surface area contributed by atoms with Gasteiger partial charge in [-0.3, -0.25) is 14.9 Å². The molecule has 1 saturated carbocycles. The zero-order chi connectivity index (χ0) is 17.6. The minimum absolute atomic E-state index is 0.0108. The molecule has 25 heavy (non-hydrogen) atoms. The molecule has 8 nitrogen and oxygen atoms in total. The number of benzene rings is 1. The molecule has 0 radical (unpaired) electrons. The maximum absolute atomic E-state index is 11.9. The average Bonchev–Trinajstić information content (AvgIpc) is 3.10. The molecule has 0 aliphatic heterocycles. The highest BCUT2D eigenvalue weighted by atomic mass is 32.2. The summed E-state index contributed by atoms with van der Waals surface area (Å²) in [6, 6.07) is 5.82. The van der Waals surface area contributed by atoms with Crippen molar-refractivity contribution in [1.29, 1.82) is 0 Å². The summed E-state index contributed by atoms with van der Waals surface area (Å²) in [5, 5.41) is 18.7. The van der Waals surface area contributed by atoms with Crippen molar-refractivity contribution < 1.29 is 18.9 Å². The fourth-order valence-corrected chi connectivity index (χ4v) is 3.18. The first kappa shape index (κ1) is 17.4. The largest absolute Gasteiger partial charge is 0.462 e. The van der Waals surface area contributed by atoms with Gasteiger partial charge in [0, 0.05) is 17.7 Å². The quantitative estimate of drug-likeness (QED) is 0.331. The van der Waals surface area contributed by atoms with Crippen LogP contribution in [0.25, 0.3) is 11.5 Å². The van der Waals surface area contributed by atoms with Crippen molar-refractivity contribution in [3.63, 3.8) is 0 Å². The second kappa shape index (κ2) is 8.11. The normalized spacial score (nSPS) is 15.0. The van der Waals surface area contributed by atoms with Gasteiger partial charge in [-0.25, -0.2) is 0 Å². The van der Waals surface area contributed by atoms with Crippen LogP contribution in [-0.4, -0.2) is 32.9 Å². The summed E-state index contributed by atoms with van der Waals surface area (Å²) in [5.74, 6) is 0.0725. The molecule has 3 rings (SSSR count). The number of carbonyl (C=O) groups is 1. The van der Waals surface area contributed by atoms with E-state index in [0.717, 1.165) is 37.4 Å². The van der Waals surface area contributed by atoms with Crippen LogP contribution in [0.1, 0.15) is 32.1 Å². The van der Waals surface area contributed by atoms with E-state index in [0.29, 0.717) is 5.56 Å². The number of aromatic nitrogens is 2. The van der Waals surface area contributed by atoms with Crippen LogP contribution < -0.4 is 0 Å². The van der Waals surface area contributed by atoms with Gasteiger partial charge in [-0.15, -0.1) is 10.2 Å². The summed E-state index contributed by atoms with van der Waals surface area (Å²) in [4.78, 5) is 22.0. The molecule has 0 bridgehead atoms. The summed E-state index contributed by atoms with van der Waals surface area (Å²) in [6.07, 6.45) is 5.31. The van der Waals surface area contributed by atoms with Crippen molar-refractivity contribution in [2.45, 2.75) is 43.4 Å². The molecule has 1 aromatic carbocycles. The first-order chi connectivity index (χ1) is 12.1. The van der Waals surface area contributed by atoms with Crippen LogP contribution in [0.3, 0.4) is 0 Å². The first-order valence-corrected chi connectivity index (χ1v) is 9.01.